The lowest BCUT2D eigenvalue weighted by Gasteiger charge is -2.09. The van der Waals surface area contributed by atoms with Crippen LogP contribution in [-0.2, 0) is 6.42 Å². The first kappa shape index (κ1) is 11.4. The van der Waals surface area contributed by atoms with Crippen molar-refractivity contribution in [1.82, 2.24) is 9.97 Å². The lowest BCUT2D eigenvalue weighted by Crippen LogP contribution is -2.00. The highest BCUT2D eigenvalue weighted by atomic mass is 35.5. The Morgan fingerprint density at radius 1 is 1.44 bits per heavy atom. The summed E-state index contributed by atoms with van der Waals surface area (Å²) in [6.45, 7) is 2.11. The van der Waals surface area contributed by atoms with Gasteiger partial charge in [-0.2, -0.15) is 11.3 Å². The topological polar surface area (TPSA) is 37.8 Å². The minimum Gasteiger partial charge on any atom is -0.339 e. The van der Waals surface area contributed by atoms with E-state index in [0.717, 1.165) is 29.9 Å². The zero-order valence-corrected chi connectivity index (χ0v) is 10.5. The van der Waals surface area contributed by atoms with Gasteiger partial charge in [-0.15, -0.1) is 0 Å². The molecule has 0 spiro atoms. The van der Waals surface area contributed by atoms with Crippen molar-refractivity contribution in [3.8, 4) is 0 Å². The summed E-state index contributed by atoms with van der Waals surface area (Å²) in [4.78, 5) is 8.24. The van der Waals surface area contributed by atoms with Crippen LogP contribution in [0.25, 0.3) is 0 Å². The molecule has 0 saturated heterocycles. The molecular weight excluding hydrogens is 242 g/mol. The van der Waals surface area contributed by atoms with E-state index in [9.17, 15) is 0 Å². The summed E-state index contributed by atoms with van der Waals surface area (Å²) < 4.78 is 0. The first-order valence-electron chi connectivity index (χ1n) is 5.10. The molecule has 2 heterocycles. The zero-order chi connectivity index (χ0) is 11.4. The maximum atomic E-state index is 6.06. The van der Waals surface area contributed by atoms with Crippen molar-refractivity contribution in [2.75, 3.05) is 5.32 Å². The van der Waals surface area contributed by atoms with Crippen molar-refractivity contribution in [2.45, 2.75) is 19.8 Å². The number of nitrogens with zero attached hydrogens (tertiary/aromatic N) is 2. The van der Waals surface area contributed by atoms with Crippen molar-refractivity contribution < 1.29 is 0 Å². The molecule has 0 saturated carbocycles. The lowest BCUT2D eigenvalue weighted by molar-refractivity contribution is 0.904. The second kappa shape index (κ2) is 5.27. The zero-order valence-electron chi connectivity index (χ0n) is 8.90. The van der Waals surface area contributed by atoms with E-state index in [1.807, 2.05) is 16.8 Å². The van der Waals surface area contributed by atoms with Crippen molar-refractivity contribution in [3.05, 3.63) is 33.9 Å². The van der Waals surface area contributed by atoms with Crippen molar-refractivity contribution in [1.29, 1.82) is 0 Å². The van der Waals surface area contributed by atoms with E-state index in [4.69, 9.17) is 11.6 Å². The Kier molecular flexibility index (Phi) is 3.74. The van der Waals surface area contributed by atoms with Gasteiger partial charge in [-0.3, -0.25) is 0 Å². The summed E-state index contributed by atoms with van der Waals surface area (Å²) in [6.07, 6.45) is 3.38. The molecule has 16 heavy (non-hydrogen) atoms. The van der Waals surface area contributed by atoms with Crippen LogP contribution in [0.1, 0.15) is 18.9 Å². The Balaban J connectivity index is 2.29. The summed E-state index contributed by atoms with van der Waals surface area (Å²) >= 11 is 7.70. The fourth-order valence-corrected chi connectivity index (χ4v) is 2.26. The lowest BCUT2D eigenvalue weighted by atomic mass is 10.2. The molecule has 0 aliphatic heterocycles. The summed E-state index contributed by atoms with van der Waals surface area (Å²) in [5, 5.41) is 7.84. The smallest absolute Gasteiger partial charge is 0.138 e. The highest BCUT2D eigenvalue weighted by Crippen LogP contribution is 2.25. The molecule has 5 heteroatoms. The summed E-state index contributed by atoms with van der Waals surface area (Å²) in [6, 6.07) is 2.01. The van der Waals surface area contributed by atoms with Crippen molar-refractivity contribution in [2.24, 2.45) is 0 Å². The Hall–Kier alpha value is -1.13. The molecule has 0 fully saturated rings. The first-order valence-corrected chi connectivity index (χ1v) is 6.42. The van der Waals surface area contributed by atoms with Gasteiger partial charge < -0.3 is 5.32 Å². The van der Waals surface area contributed by atoms with Gasteiger partial charge in [0.05, 0.1) is 5.69 Å². The molecule has 0 amide bonds. The largest absolute Gasteiger partial charge is 0.339 e. The number of rotatable bonds is 4. The molecule has 0 atom stereocenters. The molecule has 0 aromatic carbocycles. The van der Waals surface area contributed by atoms with Crippen LogP contribution in [0.2, 0.25) is 5.15 Å². The maximum Gasteiger partial charge on any atom is 0.138 e. The Morgan fingerprint density at radius 3 is 3.00 bits per heavy atom. The molecular formula is C11H12ClN3S. The number of aromatic nitrogens is 2. The van der Waals surface area contributed by atoms with Crippen LogP contribution in [0.5, 0.6) is 0 Å². The number of thiophene rings is 1. The van der Waals surface area contributed by atoms with E-state index in [2.05, 4.69) is 22.2 Å². The van der Waals surface area contributed by atoms with E-state index >= 15 is 0 Å². The first-order chi connectivity index (χ1) is 7.81. The minimum absolute atomic E-state index is 0.537. The third-order valence-electron chi connectivity index (χ3n) is 2.18. The van der Waals surface area contributed by atoms with Gasteiger partial charge in [0, 0.05) is 10.9 Å². The van der Waals surface area contributed by atoms with Crippen LogP contribution in [0.3, 0.4) is 0 Å². The van der Waals surface area contributed by atoms with Gasteiger partial charge in [0.2, 0.25) is 0 Å². The monoisotopic (exact) mass is 253 g/mol. The molecule has 2 aromatic heterocycles. The van der Waals surface area contributed by atoms with Crippen LogP contribution in [0.4, 0.5) is 11.5 Å². The third kappa shape index (κ3) is 2.51. The van der Waals surface area contributed by atoms with E-state index in [0.29, 0.717) is 5.15 Å². The molecule has 3 nitrogen and oxygen atoms in total. The molecule has 0 aliphatic rings. The fourth-order valence-electron chi connectivity index (χ4n) is 1.44. The van der Waals surface area contributed by atoms with Gasteiger partial charge >= 0.3 is 0 Å². The van der Waals surface area contributed by atoms with Gasteiger partial charge in [-0.1, -0.05) is 24.9 Å². The average molecular weight is 254 g/mol. The molecule has 84 valence electrons. The van der Waals surface area contributed by atoms with Crippen LogP contribution >= 0.6 is 22.9 Å². The van der Waals surface area contributed by atoms with Crippen molar-refractivity contribution in [3.63, 3.8) is 0 Å². The predicted octanol–water partition coefficient (Wildman–Crippen LogP) is 3.89. The van der Waals surface area contributed by atoms with Crippen molar-refractivity contribution >= 4 is 34.4 Å². The quantitative estimate of drug-likeness (QED) is 0.840. The summed E-state index contributed by atoms with van der Waals surface area (Å²) in [7, 11) is 0. The number of hydrogen-bond acceptors (Lipinski definition) is 4. The Labute approximate surface area is 104 Å². The van der Waals surface area contributed by atoms with Crippen LogP contribution in [-0.4, -0.2) is 9.97 Å². The molecule has 1 N–H and O–H groups in total. The van der Waals surface area contributed by atoms with E-state index in [1.165, 1.54) is 6.33 Å². The normalized spacial score (nSPS) is 10.4. The molecule has 0 unspecified atom stereocenters. The minimum atomic E-state index is 0.537. The summed E-state index contributed by atoms with van der Waals surface area (Å²) in [5.74, 6) is 0.806. The standard InChI is InChI=1S/C11H12ClN3S/c1-2-3-9-10(12)13-7-14-11(9)15-8-4-5-16-6-8/h4-7H,2-3H2,1H3,(H,13,14,15). The van der Waals surface area contributed by atoms with Gasteiger partial charge in [0.15, 0.2) is 0 Å². The average Bonchev–Trinajstić information content (AvgIpc) is 2.76. The number of hydrogen-bond donors (Lipinski definition) is 1. The number of nitrogens with one attached hydrogen (secondary N) is 1. The summed E-state index contributed by atoms with van der Waals surface area (Å²) in [5.41, 5.74) is 2.02. The van der Waals surface area contributed by atoms with Crippen LogP contribution in [0, 0.1) is 0 Å². The fraction of sp³-hybridized carbons (Fsp3) is 0.273. The van der Waals surface area contributed by atoms with Gasteiger partial charge in [-0.25, -0.2) is 9.97 Å². The number of halogens is 1. The van der Waals surface area contributed by atoms with Crippen LogP contribution in [0.15, 0.2) is 23.2 Å². The van der Waals surface area contributed by atoms with Gasteiger partial charge in [0.1, 0.15) is 17.3 Å². The highest BCUT2D eigenvalue weighted by molar-refractivity contribution is 7.08. The molecule has 2 aromatic rings. The molecule has 0 radical (unpaired) electrons. The van der Waals surface area contributed by atoms with Crippen LogP contribution < -0.4 is 5.32 Å². The van der Waals surface area contributed by atoms with E-state index < -0.39 is 0 Å². The van der Waals surface area contributed by atoms with E-state index in [-0.39, 0.29) is 0 Å². The molecule has 2 rings (SSSR count). The molecule has 0 aliphatic carbocycles. The molecule has 0 bridgehead atoms. The predicted molar refractivity (Wildman–Crippen MR) is 68.6 cm³/mol. The van der Waals surface area contributed by atoms with Gasteiger partial charge in [-0.05, 0) is 17.9 Å². The second-order valence-electron chi connectivity index (χ2n) is 3.38. The third-order valence-corrected chi connectivity index (χ3v) is 3.19. The Bertz CT molecular complexity index is 456. The second-order valence-corrected chi connectivity index (χ2v) is 4.52. The SMILES string of the molecule is CCCc1c(Cl)ncnc1Nc1ccsc1. The Morgan fingerprint density at radius 2 is 2.31 bits per heavy atom. The maximum absolute atomic E-state index is 6.06. The van der Waals surface area contributed by atoms with Gasteiger partial charge in [0.25, 0.3) is 0 Å². The van der Waals surface area contributed by atoms with E-state index in [1.54, 1.807) is 11.3 Å². The highest BCUT2D eigenvalue weighted by Gasteiger charge is 2.09. The number of anilines is 2.